The number of nitrogens with zero attached hydrogens (tertiary/aromatic N) is 1. The summed E-state index contributed by atoms with van der Waals surface area (Å²) >= 11 is 1.53. The highest BCUT2D eigenvalue weighted by Crippen LogP contribution is 2.47. The number of alkyl halides is 2. The van der Waals surface area contributed by atoms with E-state index in [0.717, 1.165) is 0 Å². The molecule has 0 aromatic heterocycles. The maximum absolute atomic E-state index is 13.0. The molecule has 2 aliphatic rings. The van der Waals surface area contributed by atoms with Gasteiger partial charge in [-0.1, -0.05) is 0 Å². The van der Waals surface area contributed by atoms with Crippen molar-refractivity contribution in [1.29, 1.82) is 0 Å². The van der Waals surface area contributed by atoms with E-state index >= 15 is 0 Å². The number of thioether (sulfide) groups is 1. The van der Waals surface area contributed by atoms with Crippen LogP contribution in [-0.2, 0) is 9.59 Å². The van der Waals surface area contributed by atoms with E-state index in [1.807, 2.05) is 6.92 Å². The van der Waals surface area contributed by atoms with Crippen LogP contribution in [0.1, 0.15) is 19.8 Å². The van der Waals surface area contributed by atoms with E-state index in [4.69, 9.17) is 5.73 Å². The van der Waals surface area contributed by atoms with Crippen molar-refractivity contribution in [1.82, 2.24) is 10.2 Å². The molecule has 0 bridgehead atoms. The lowest BCUT2D eigenvalue weighted by Gasteiger charge is -2.30. The lowest BCUT2D eigenvalue weighted by atomic mass is 10.2. The lowest BCUT2D eigenvalue weighted by Crippen LogP contribution is -2.52. The van der Waals surface area contributed by atoms with Crippen LogP contribution in [0.15, 0.2) is 0 Å². The molecule has 3 N–H and O–H groups in total. The number of hydrogen-bond acceptors (Lipinski definition) is 4. The number of nitrogens with one attached hydrogen (secondary N) is 1. The first-order valence-corrected chi connectivity index (χ1v) is 7.09. The molecular weight excluding hydrogens is 312 g/mol. The van der Waals surface area contributed by atoms with Gasteiger partial charge in [-0.25, -0.2) is 8.78 Å². The van der Waals surface area contributed by atoms with Crippen LogP contribution in [0.4, 0.5) is 8.78 Å². The smallest absolute Gasteiger partial charge is 0.277 e. The maximum atomic E-state index is 13.0. The Kier molecular flexibility index (Phi) is 5.26. The minimum absolute atomic E-state index is 0. The molecule has 0 aliphatic carbocycles. The first-order valence-electron chi connectivity index (χ1n) is 6.11. The number of rotatable bonds is 4. The minimum atomic E-state index is -3.11. The number of fused-ring (bicyclic) bond motifs is 1. The second-order valence-electron chi connectivity index (χ2n) is 5.04. The summed E-state index contributed by atoms with van der Waals surface area (Å²) in [7, 11) is 0. The monoisotopic (exact) mass is 329 g/mol. The summed E-state index contributed by atoms with van der Waals surface area (Å²) in [6, 6.07) is -0.654. The Hall–Kier alpha value is -0.600. The van der Waals surface area contributed by atoms with Crippen LogP contribution in [0.25, 0.3) is 0 Å². The molecule has 2 fully saturated rings. The number of amides is 2. The summed E-state index contributed by atoms with van der Waals surface area (Å²) < 4.78 is 26.0. The predicted octanol–water partition coefficient (Wildman–Crippen LogP) is 0.572. The summed E-state index contributed by atoms with van der Waals surface area (Å²) in [4.78, 5) is 24.9. The summed E-state index contributed by atoms with van der Waals surface area (Å²) in [5.74, 6) is -3.28. The number of halogens is 3. The van der Waals surface area contributed by atoms with Gasteiger partial charge in [-0.3, -0.25) is 9.59 Å². The number of nitrogens with two attached hydrogens (primary N) is 1. The number of hydrogen-bond donors (Lipinski definition) is 2. The average molecular weight is 330 g/mol. The molecule has 0 aromatic carbocycles. The molecule has 2 unspecified atom stereocenters. The fourth-order valence-electron chi connectivity index (χ4n) is 2.42. The van der Waals surface area contributed by atoms with Crippen LogP contribution in [-0.4, -0.2) is 52.4 Å². The first-order chi connectivity index (χ1) is 8.79. The van der Waals surface area contributed by atoms with Gasteiger partial charge in [0.1, 0.15) is 6.04 Å². The largest absolute Gasteiger partial charge is 0.348 e. The summed E-state index contributed by atoms with van der Waals surface area (Å²) in [5.41, 5.74) is 4.90. The molecule has 0 spiro atoms. The van der Waals surface area contributed by atoms with Crippen molar-refractivity contribution in [3.8, 4) is 0 Å². The first kappa shape index (κ1) is 17.5. The standard InChI is InChI=1S/C11H17F2N3O2S.ClH/c1-10-3-2-8(17)16(10)7(4-19-10)9(18)15-6-11(12,13)5-14;/h7H,2-6,14H2,1H3,(H,15,18);1H. The topological polar surface area (TPSA) is 75.4 Å². The Morgan fingerprint density at radius 1 is 1.65 bits per heavy atom. The molecule has 2 aliphatic heterocycles. The van der Waals surface area contributed by atoms with E-state index in [1.165, 1.54) is 16.7 Å². The third-order valence-corrected chi connectivity index (χ3v) is 5.07. The molecule has 0 aromatic rings. The molecule has 0 saturated carbocycles. The molecule has 0 radical (unpaired) electrons. The molecule has 9 heteroatoms. The zero-order chi connectivity index (χ0) is 14.3. The van der Waals surface area contributed by atoms with Crippen LogP contribution in [0, 0.1) is 0 Å². The highest BCUT2D eigenvalue weighted by atomic mass is 35.5. The predicted molar refractivity (Wildman–Crippen MR) is 75.0 cm³/mol. The van der Waals surface area contributed by atoms with E-state index in [0.29, 0.717) is 18.6 Å². The molecule has 5 nitrogen and oxygen atoms in total. The molecule has 2 heterocycles. The third-order valence-electron chi connectivity index (χ3n) is 3.57. The van der Waals surface area contributed by atoms with Crippen molar-refractivity contribution in [2.45, 2.75) is 36.6 Å². The Bertz CT molecular complexity index is 413. The van der Waals surface area contributed by atoms with E-state index in [1.54, 1.807) is 0 Å². The third kappa shape index (κ3) is 3.17. The van der Waals surface area contributed by atoms with Gasteiger partial charge in [0.2, 0.25) is 11.8 Å². The Labute approximate surface area is 126 Å². The van der Waals surface area contributed by atoms with E-state index in [9.17, 15) is 18.4 Å². The Balaban J connectivity index is 0.00000200. The maximum Gasteiger partial charge on any atom is 0.277 e. The van der Waals surface area contributed by atoms with Crippen LogP contribution < -0.4 is 11.1 Å². The molecule has 20 heavy (non-hydrogen) atoms. The van der Waals surface area contributed by atoms with E-state index in [-0.39, 0.29) is 23.2 Å². The van der Waals surface area contributed by atoms with Crippen LogP contribution in [0.3, 0.4) is 0 Å². The molecule has 2 amide bonds. The molecule has 2 saturated heterocycles. The van der Waals surface area contributed by atoms with Gasteiger partial charge in [-0.15, -0.1) is 24.2 Å². The quantitative estimate of drug-likeness (QED) is 0.791. The van der Waals surface area contributed by atoms with Gasteiger partial charge in [0.25, 0.3) is 5.92 Å². The molecule has 116 valence electrons. The van der Waals surface area contributed by atoms with Gasteiger partial charge < -0.3 is 16.0 Å². The van der Waals surface area contributed by atoms with Gasteiger partial charge >= 0.3 is 0 Å². The van der Waals surface area contributed by atoms with Crippen LogP contribution in [0.2, 0.25) is 0 Å². The highest BCUT2D eigenvalue weighted by molar-refractivity contribution is 8.01. The van der Waals surface area contributed by atoms with Gasteiger partial charge in [0.15, 0.2) is 0 Å². The number of carbonyl (C=O) groups excluding carboxylic acids is 2. The summed E-state index contributed by atoms with van der Waals surface area (Å²) in [6.07, 6.45) is 1.10. The van der Waals surface area contributed by atoms with E-state index < -0.39 is 31.0 Å². The van der Waals surface area contributed by atoms with Gasteiger partial charge in [0.05, 0.1) is 18.0 Å². The van der Waals surface area contributed by atoms with Crippen molar-refractivity contribution in [2.24, 2.45) is 5.73 Å². The normalized spacial score (nSPS) is 29.1. The average Bonchev–Trinajstić information content (AvgIpc) is 2.84. The van der Waals surface area contributed by atoms with Gasteiger partial charge in [-0.05, 0) is 13.3 Å². The summed E-state index contributed by atoms with van der Waals surface area (Å²) in [6.45, 7) is 0.305. The van der Waals surface area contributed by atoms with Crippen molar-refractivity contribution in [2.75, 3.05) is 18.8 Å². The minimum Gasteiger partial charge on any atom is -0.348 e. The SMILES string of the molecule is CC12CCC(=O)N1C(C(=O)NCC(F)(F)CN)CS2.Cl. The van der Waals surface area contributed by atoms with Gasteiger partial charge in [-0.2, -0.15) is 0 Å². The van der Waals surface area contributed by atoms with Crippen molar-refractivity contribution in [3.63, 3.8) is 0 Å². The van der Waals surface area contributed by atoms with Crippen LogP contribution in [0.5, 0.6) is 0 Å². The molecule has 2 atom stereocenters. The fourth-order valence-corrected chi connectivity index (χ4v) is 3.85. The van der Waals surface area contributed by atoms with Crippen molar-refractivity contribution >= 4 is 36.0 Å². The molecular formula is C11H18ClF2N3O2S. The lowest BCUT2D eigenvalue weighted by molar-refractivity contribution is -0.138. The zero-order valence-electron chi connectivity index (χ0n) is 11.0. The van der Waals surface area contributed by atoms with E-state index in [2.05, 4.69) is 5.32 Å². The van der Waals surface area contributed by atoms with Crippen molar-refractivity contribution < 1.29 is 18.4 Å². The number of carbonyl (C=O) groups is 2. The van der Waals surface area contributed by atoms with Gasteiger partial charge in [0, 0.05) is 12.2 Å². The Morgan fingerprint density at radius 2 is 2.30 bits per heavy atom. The highest BCUT2D eigenvalue weighted by Gasteiger charge is 2.53. The van der Waals surface area contributed by atoms with Crippen LogP contribution >= 0.6 is 24.2 Å². The van der Waals surface area contributed by atoms with Crippen molar-refractivity contribution in [3.05, 3.63) is 0 Å². The fraction of sp³-hybridized carbons (Fsp3) is 0.818. The second-order valence-corrected chi connectivity index (χ2v) is 6.54. The Morgan fingerprint density at radius 3 is 2.90 bits per heavy atom. The summed E-state index contributed by atoms with van der Waals surface area (Å²) in [5, 5.41) is 2.19. The second kappa shape index (κ2) is 6.03. The zero-order valence-corrected chi connectivity index (χ0v) is 12.7. The molecule has 2 rings (SSSR count).